The Hall–Kier alpha value is -0.480. The van der Waals surface area contributed by atoms with Gasteiger partial charge in [-0.15, -0.1) is 12.4 Å². The van der Waals surface area contributed by atoms with Crippen LogP contribution in [0.25, 0.3) is 0 Å². The van der Waals surface area contributed by atoms with Crippen molar-refractivity contribution in [2.45, 2.75) is 32.2 Å². The van der Waals surface area contributed by atoms with E-state index in [1.54, 1.807) is 6.07 Å². The van der Waals surface area contributed by atoms with Crippen molar-refractivity contribution in [2.24, 2.45) is 11.3 Å². The predicted molar refractivity (Wildman–Crippen MR) is 91.1 cm³/mol. The third-order valence-electron chi connectivity index (χ3n) is 5.30. The maximum Gasteiger partial charge on any atom is 0.311 e. The van der Waals surface area contributed by atoms with Crippen LogP contribution in [0.2, 0.25) is 10.0 Å². The van der Waals surface area contributed by atoms with Crippen molar-refractivity contribution in [2.75, 3.05) is 13.1 Å². The molecule has 2 fully saturated rings. The van der Waals surface area contributed by atoms with Gasteiger partial charge >= 0.3 is 5.97 Å². The van der Waals surface area contributed by atoms with E-state index < -0.39 is 11.4 Å². The molecule has 0 aromatic heterocycles. The summed E-state index contributed by atoms with van der Waals surface area (Å²) in [6.07, 6.45) is 2.86. The topological polar surface area (TPSA) is 40.5 Å². The summed E-state index contributed by atoms with van der Waals surface area (Å²) in [6, 6.07) is 5.82. The van der Waals surface area contributed by atoms with Crippen molar-refractivity contribution < 1.29 is 9.90 Å². The highest BCUT2D eigenvalue weighted by Crippen LogP contribution is 2.50. The highest BCUT2D eigenvalue weighted by molar-refractivity contribution is 6.42. The van der Waals surface area contributed by atoms with Crippen LogP contribution < -0.4 is 0 Å². The average Bonchev–Trinajstić information content (AvgIpc) is 2.98. The van der Waals surface area contributed by atoms with Crippen LogP contribution >= 0.6 is 35.6 Å². The number of likely N-dealkylation sites (tertiary alicyclic amines) is 1. The van der Waals surface area contributed by atoms with Crippen LogP contribution in [0.15, 0.2) is 18.2 Å². The third-order valence-corrected chi connectivity index (χ3v) is 6.04. The molecule has 22 heavy (non-hydrogen) atoms. The molecule has 1 unspecified atom stereocenters. The number of benzene rings is 1. The fourth-order valence-corrected chi connectivity index (χ4v) is 4.26. The van der Waals surface area contributed by atoms with Gasteiger partial charge in [0.15, 0.2) is 0 Å². The molecule has 0 spiro atoms. The number of rotatable bonds is 3. The van der Waals surface area contributed by atoms with E-state index in [0.717, 1.165) is 31.4 Å². The zero-order valence-electron chi connectivity index (χ0n) is 12.4. The lowest BCUT2D eigenvalue weighted by Crippen LogP contribution is -2.36. The van der Waals surface area contributed by atoms with Crippen LogP contribution in [-0.4, -0.2) is 29.1 Å². The largest absolute Gasteiger partial charge is 0.481 e. The Morgan fingerprint density at radius 3 is 2.73 bits per heavy atom. The molecule has 3 rings (SSSR count). The summed E-state index contributed by atoms with van der Waals surface area (Å²) >= 11 is 12.1. The zero-order chi connectivity index (χ0) is 15.2. The summed E-state index contributed by atoms with van der Waals surface area (Å²) in [4.78, 5) is 14.0. The minimum Gasteiger partial charge on any atom is -0.481 e. The van der Waals surface area contributed by atoms with E-state index in [-0.39, 0.29) is 24.4 Å². The Labute approximate surface area is 147 Å². The fraction of sp³-hybridized carbons (Fsp3) is 0.562. The van der Waals surface area contributed by atoms with Crippen LogP contribution in [0, 0.1) is 11.3 Å². The molecule has 0 bridgehead atoms. The SMILES string of the molecule is CC(c1ccc(Cl)c(Cl)c1)N1C[C@@H]2CCC[C@@]2(C(=O)O)C1.Cl. The molecule has 1 aromatic carbocycles. The van der Waals surface area contributed by atoms with Crippen LogP contribution in [0.5, 0.6) is 0 Å². The van der Waals surface area contributed by atoms with Gasteiger partial charge in [-0.05, 0) is 43.4 Å². The van der Waals surface area contributed by atoms with Crippen molar-refractivity contribution in [3.8, 4) is 0 Å². The second kappa shape index (κ2) is 6.56. The molecular weight excluding hydrogens is 345 g/mol. The number of aliphatic carboxylic acids is 1. The molecule has 1 aliphatic carbocycles. The van der Waals surface area contributed by atoms with E-state index in [1.165, 1.54) is 0 Å². The van der Waals surface area contributed by atoms with E-state index in [2.05, 4.69) is 11.8 Å². The summed E-state index contributed by atoms with van der Waals surface area (Å²) in [5.41, 5.74) is 0.551. The van der Waals surface area contributed by atoms with Crippen molar-refractivity contribution in [3.63, 3.8) is 0 Å². The molecular formula is C16H20Cl3NO2. The second-order valence-electron chi connectivity index (χ2n) is 6.33. The lowest BCUT2D eigenvalue weighted by atomic mass is 9.81. The number of nitrogens with zero attached hydrogens (tertiary/aromatic N) is 1. The first-order valence-electron chi connectivity index (χ1n) is 7.36. The Balaban J connectivity index is 0.00000176. The van der Waals surface area contributed by atoms with Gasteiger partial charge in [-0.3, -0.25) is 9.69 Å². The summed E-state index contributed by atoms with van der Waals surface area (Å²) in [5, 5.41) is 10.8. The molecule has 1 aromatic rings. The molecule has 3 atom stereocenters. The van der Waals surface area contributed by atoms with E-state index >= 15 is 0 Å². The number of carbonyl (C=O) groups is 1. The van der Waals surface area contributed by atoms with Gasteiger partial charge in [0.05, 0.1) is 15.5 Å². The minimum atomic E-state index is -0.631. The predicted octanol–water partition coefficient (Wildman–Crippen LogP) is 4.66. The quantitative estimate of drug-likeness (QED) is 0.847. The van der Waals surface area contributed by atoms with Gasteiger partial charge in [0.1, 0.15) is 0 Å². The van der Waals surface area contributed by atoms with Crippen LogP contribution in [0.4, 0.5) is 0 Å². The molecule has 1 N–H and O–H groups in total. The number of carboxylic acids is 1. The number of fused-ring (bicyclic) bond motifs is 1. The highest BCUT2D eigenvalue weighted by Gasteiger charge is 2.55. The summed E-state index contributed by atoms with van der Waals surface area (Å²) in [5.74, 6) is -0.353. The normalized spacial score (nSPS) is 29.0. The molecule has 0 amide bonds. The monoisotopic (exact) mass is 363 g/mol. The first kappa shape index (κ1) is 17.9. The Morgan fingerprint density at radius 2 is 2.14 bits per heavy atom. The molecule has 0 radical (unpaired) electrons. The van der Waals surface area contributed by atoms with Crippen LogP contribution in [0.1, 0.15) is 37.8 Å². The Bertz CT molecular complexity index is 581. The van der Waals surface area contributed by atoms with E-state index in [9.17, 15) is 9.90 Å². The lowest BCUT2D eigenvalue weighted by Gasteiger charge is -2.27. The van der Waals surface area contributed by atoms with Crippen molar-refractivity contribution in [1.29, 1.82) is 0 Å². The molecule has 1 aliphatic heterocycles. The van der Waals surface area contributed by atoms with Gasteiger partial charge in [0.25, 0.3) is 0 Å². The van der Waals surface area contributed by atoms with E-state index in [0.29, 0.717) is 16.6 Å². The Morgan fingerprint density at radius 1 is 1.41 bits per heavy atom. The van der Waals surface area contributed by atoms with Gasteiger partial charge in [0, 0.05) is 19.1 Å². The smallest absolute Gasteiger partial charge is 0.311 e. The standard InChI is InChI=1S/C16H19Cl2NO2.ClH/c1-10(11-4-5-13(17)14(18)7-11)19-8-12-3-2-6-16(12,9-19)15(20)21;/h4-5,7,10,12H,2-3,6,8-9H2,1H3,(H,20,21);1H/t10?,12-,16+;/m0./s1. The number of carboxylic acid groups (broad SMARTS) is 1. The molecule has 1 saturated carbocycles. The fourth-order valence-electron chi connectivity index (χ4n) is 3.96. The minimum absolute atomic E-state index is 0. The van der Waals surface area contributed by atoms with Gasteiger partial charge in [-0.1, -0.05) is 35.7 Å². The number of hydrogen-bond acceptors (Lipinski definition) is 2. The lowest BCUT2D eigenvalue weighted by molar-refractivity contribution is -0.149. The van der Waals surface area contributed by atoms with Gasteiger partial charge in [-0.2, -0.15) is 0 Å². The van der Waals surface area contributed by atoms with Gasteiger partial charge < -0.3 is 5.11 Å². The van der Waals surface area contributed by atoms with E-state index in [4.69, 9.17) is 23.2 Å². The maximum atomic E-state index is 11.7. The zero-order valence-corrected chi connectivity index (χ0v) is 14.7. The molecule has 2 aliphatic rings. The summed E-state index contributed by atoms with van der Waals surface area (Å²) in [7, 11) is 0. The van der Waals surface area contributed by atoms with Crippen LogP contribution in [-0.2, 0) is 4.79 Å². The van der Waals surface area contributed by atoms with Crippen LogP contribution in [0.3, 0.4) is 0 Å². The molecule has 6 heteroatoms. The first-order valence-corrected chi connectivity index (χ1v) is 8.12. The van der Waals surface area contributed by atoms with Gasteiger partial charge in [-0.25, -0.2) is 0 Å². The number of halogens is 3. The van der Waals surface area contributed by atoms with E-state index in [1.807, 2.05) is 12.1 Å². The summed E-state index contributed by atoms with van der Waals surface area (Å²) in [6.45, 7) is 3.60. The summed E-state index contributed by atoms with van der Waals surface area (Å²) < 4.78 is 0. The second-order valence-corrected chi connectivity index (χ2v) is 7.14. The first-order chi connectivity index (χ1) is 9.94. The highest BCUT2D eigenvalue weighted by atomic mass is 35.5. The van der Waals surface area contributed by atoms with Gasteiger partial charge in [0.2, 0.25) is 0 Å². The average molecular weight is 365 g/mol. The molecule has 122 valence electrons. The van der Waals surface area contributed by atoms with Crippen molar-refractivity contribution >= 4 is 41.6 Å². The molecule has 1 saturated heterocycles. The Kier molecular flexibility index (Phi) is 5.33. The number of hydrogen-bond donors (Lipinski definition) is 1. The van der Waals surface area contributed by atoms with Crippen molar-refractivity contribution in [3.05, 3.63) is 33.8 Å². The maximum absolute atomic E-state index is 11.7. The third kappa shape index (κ3) is 2.84. The molecule has 1 heterocycles. The van der Waals surface area contributed by atoms with Crippen molar-refractivity contribution in [1.82, 2.24) is 4.90 Å². The molecule has 3 nitrogen and oxygen atoms in total.